The Kier molecular flexibility index (Phi) is 7.48. The van der Waals surface area contributed by atoms with Crippen molar-refractivity contribution in [3.63, 3.8) is 0 Å². The molecule has 0 radical (unpaired) electrons. The Bertz CT molecular complexity index is 909. The maximum atomic E-state index is 13.5. The van der Waals surface area contributed by atoms with E-state index >= 15 is 0 Å². The zero-order chi connectivity index (χ0) is 22.5. The van der Waals surface area contributed by atoms with Crippen LogP contribution in [0.5, 0.6) is 0 Å². The van der Waals surface area contributed by atoms with E-state index in [1.54, 1.807) is 0 Å². The maximum Gasteiger partial charge on any atom is 0.417 e. The molecule has 4 rings (SSSR count). The van der Waals surface area contributed by atoms with Crippen molar-refractivity contribution in [3.8, 4) is 0 Å². The van der Waals surface area contributed by atoms with Gasteiger partial charge in [-0.05, 0) is 67.7 Å². The van der Waals surface area contributed by atoms with Gasteiger partial charge < -0.3 is 9.47 Å². The number of amides is 2. The molecule has 5 nitrogen and oxygen atoms in total. The monoisotopic (exact) mass is 455 g/mol. The molecule has 1 aliphatic heterocycles. The van der Waals surface area contributed by atoms with E-state index in [1.807, 2.05) is 61.5 Å². The van der Waals surface area contributed by atoms with Crippen molar-refractivity contribution in [2.24, 2.45) is 5.92 Å². The number of carbonyl (C=O) groups is 2. The summed E-state index contributed by atoms with van der Waals surface area (Å²) in [6, 6.07) is 17.0. The van der Waals surface area contributed by atoms with Crippen LogP contribution in [0.25, 0.3) is 0 Å². The summed E-state index contributed by atoms with van der Waals surface area (Å²) in [7, 11) is 0. The van der Waals surface area contributed by atoms with E-state index in [2.05, 4.69) is 0 Å². The van der Waals surface area contributed by atoms with E-state index in [-0.39, 0.29) is 30.9 Å². The summed E-state index contributed by atoms with van der Waals surface area (Å²) in [6.45, 7) is 2.95. The second-order valence-electron chi connectivity index (χ2n) is 8.62. The van der Waals surface area contributed by atoms with E-state index in [0.29, 0.717) is 17.0 Å². The van der Waals surface area contributed by atoms with Crippen molar-refractivity contribution < 1.29 is 19.1 Å². The number of rotatable bonds is 7. The minimum Gasteiger partial charge on any atom is -0.446 e. The molecular formula is C26H30ClNO4. The van der Waals surface area contributed by atoms with Crippen LogP contribution in [-0.4, -0.2) is 36.2 Å². The van der Waals surface area contributed by atoms with Crippen LogP contribution in [0.4, 0.5) is 4.79 Å². The minimum absolute atomic E-state index is 0.0205. The fourth-order valence-electron chi connectivity index (χ4n) is 5.06. The van der Waals surface area contributed by atoms with Gasteiger partial charge >= 0.3 is 6.09 Å². The van der Waals surface area contributed by atoms with Crippen LogP contribution in [-0.2, 0) is 14.3 Å². The van der Waals surface area contributed by atoms with Crippen molar-refractivity contribution in [2.75, 3.05) is 13.2 Å². The fourth-order valence-corrected chi connectivity index (χ4v) is 5.19. The molecule has 0 spiro atoms. The third-order valence-corrected chi connectivity index (χ3v) is 6.96. The number of carbonyl (C=O) groups excluding carboxylic acids is 2. The van der Waals surface area contributed by atoms with Gasteiger partial charge in [0.15, 0.2) is 0 Å². The minimum atomic E-state index is -0.557. The first kappa shape index (κ1) is 22.8. The summed E-state index contributed by atoms with van der Waals surface area (Å²) in [6.07, 6.45) is 4.00. The largest absolute Gasteiger partial charge is 0.446 e. The van der Waals surface area contributed by atoms with Crippen LogP contribution in [0.2, 0.25) is 5.02 Å². The smallest absolute Gasteiger partial charge is 0.417 e. The highest BCUT2D eigenvalue weighted by molar-refractivity contribution is 6.30. The van der Waals surface area contributed by atoms with Gasteiger partial charge in [0, 0.05) is 18.1 Å². The van der Waals surface area contributed by atoms with Crippen molar-refractivity contribution in [1.82, 2.24) is 4.90 Å². The number of halogens is 1. The van der Waals surface area contributed by atoms with Crippen molar-refractivity contribution in [3.05, 3.63) is 70.7 Å². The standard InChI is InChI=1S/C26H30ClNO4/c1-2-31-22-14-10-19(11-15-22)23(18-8-12-21(27)13-9-18)16-25(29)28-24(17-32-26(28)30)20-6-4-3-5-7-20/h3-9,12-13,19,22-24H,2,10-11,14-17H2,1H3. The lowest BCUT2D eigenvalue weighted by Crippen LogP contribution is -2.36. The topological polar surface area (TPSA) is 55.8 Å². The van der Waals surface area contributed by atoms with Crippen LogP contribution in [0.3, 0.4) is 0 Å². The Hall–Kier alpha value is -2.37. The number of cyclic esters (lactones) is 1. The van der Waals surface area contributed by atoms with Crippen LogP contribution < -0.4 is 0 Å². The number of ether oxygens (including phenoxy) is 2. The summed E-state index contributed by atoms with van der Waals surface area (Å²) in [5, 5.41) is 0.672. The van der Waals surface area contributed by atoms with Gasteiger partial charge in [0.05, 0.1) is 6.10 Å². The van der Waals surface area contributed by atoms with E-state index in [0.717, 1.165) is 43.4 Å². The predicted octanol–water partition coefficient (Wildman–Crippen LogP) is 6.13. The summed E-state index contributed by atoms with van der Waals surface area (Å²) in [4.78, 5) is 27.3. The van der Waals surface area contributed by atoms with Gasteiger partial charge in [-0.25, -0.2) is 9.69 Å². The summed E-state index contributed by atoms with van der Waals surface area (Å²) in [5.41, 5.74) is 2.00. The second kappa shape index (κ2) is 10.5. The molecule has 2 aliphatic rings. The lowest BCUT2D eigenvalue weighted by Gasteiger charge is -2.34. The summed E-state index contributed by atoms with van der Waals surface area (Å²) < 4.78 is 11.1. The number of nitrogens with zero attached hydrogens (tertiary/aromatic N) is 1. The van der Waals surface area contributed by atoms with Gasteiger partial charge in [0.2, 0.25) is 5.91 Å². The molecule has 6 heteroatoms. The molecule has 1 heterocycles. The van der Waals surface area contributed by atoms with Crippen LogP contribution in [0, 0.1) is 5.92 Å². The van der Waals surface area contributed by atoms with E-state index < -0.39 is 6.09 Å². The van der Waals surface area contributed by atoms with Crippen molar-refractivity contribution in [1.29, 1.82) is 0 Å². The number of imide groups is 1. The third-order valence-electron chi connectivity index (χ3n) is 6.71. The lowest BCUT2D eigenvalue weighted by atomic mass is 9.74. The van der Waals surface area contributed by atoms with Crippen LogP contribution in [0.15, 0.2) is 54.6 Å². The maximum absolute atomic E-state index is 13.5. The molecule has 2 amide bonds. The summed E-state index contributed by atoms with van der Waals surface area (Å²) in [5.74, 6) is 0.186. The quantitative estimate of drug-likeness (QED) is 0.504. The van der Waals surface area contributed by atoms with Gasteiger partial charge in [0.1, 0.15) is 12.6 Å². The molecule has 32 heavy (non-hydrogen) atoms. The Labute approximate surface area is 194 Å². The van der Waals surface area contributed by atoms with Crippen molar-refractivity contribution in [2.45, 2.75) is 57.1 Å². The molecule has 2 atom stereocenters. The van der Waals surface area contributed by atoms with E-state index in [4.69, 9.17) is 21.1 Å². The molecule has 0 N–H and O–H groups in total. The second-order valence-corrected chi connectivity index (χ2v) is 9.06. The number of benzene rings is 2. The Balaban J connectivity index is 1.54. The molecule has 2 fully saturated rings. The molecule has 2 unspecified atom stereocenters. The molecule has 2 aromatic rings. The van der Waals surface area contributed by atoms with E-state index in [9.17, 15) is 9.59 Å². The Morgan fingerprint density at radius 2 is 1.78 bits per heavy atom. The van der Waals surface area contributed by atoms with Crippen LogP contribution >= 0.6 is 11.6 Å². The average Bonchev–Trinajstić information content (AvgIpc) is 3.21. The van der Waals surface area contributed by atoms with E-state index in [1.165, 1.54) is 4.90 Å². The molecule has 0 aromatic heterocycles. The Morgan fingerprint density at radius 3 is 2.44 bits per heavy atom. The van der Waals surface area contributed by atoms with Crippen molar-refractivity contribution >= 4 is 23.6 Å². The molecule has 170 valence electrons. The molecule has 0 bridgehead atoms. The van der Waals surface area contributed by atoms with Gasteiger partial charge in [-0.15, -0.1) is 0 Å². The van der Waals surface area contributed by atoms with Gasteiger partial charge in [-0.3, -0.25) is 4.79 Å². The lowest BCUT2D eigenvalue weighted by molar-refractivity contribution is -0.130. The average molecular weight is 456 g/mol. The molecule has 1 saturated heterocycles. The van der Waals surface area contributed by atoms with Gasteiger partial charge in [0.25, 0.3) is 0 Å². The number of hydrogen-bond acceptors (Lipinski definition) is 4. The highest BCUT2D eigenvalue weighted by Crippen LogP contribution is 2.40. The Morgan fingerprint density at radius 1 is 1.09 bits per heavy atom. The first-order valence-corrected chi connectivity index (χ1v) is 11.9. The van der Waals surface area contributed by atoms with Gasteiger partial charge in [-0.1, -0.05) is 54.1 Å². The third kappa shape index (κ3) is 5.16. The summed E-state index contributed by atoms with van der Waals surface area (Å²) >= 11 is 6.12. The normalized spacial score (nSPS) is 24.2. The molecular weight excluding hydrogens is 426 g/mol. The molecule has 1 saturated carbocycles. The predicted molar refractivity (Wildman–Crippen MR) is 124 cm³/mol. The zero-order valence-electron chi connectivity index (χ0n) is 18.4. The highest BCUT2D eigenvalue weighted by Gasteiger charge is 2.40. The van der Waals surface area contributed by atoms with Gasteiger partial charge in [-0.2, -0.15) is 0 Å². The zero-order valence-corrected chi connectivity index (χ0v) is 19.2. The fraction of sp³-hybridized carbons (Fsp3) is 0.462. The SMILES string of the molecule is CCOC1CCC(C(CC(=O)N2C(=O)OCC2c2ccccc2)c2ccc(Cl)cc2)CC1. The number of hydrogen-bond donors (Lipinski definition) is 0. The molecule has 2 aromatic carbocycles. The first-order chi connectivity index (χ1) is 15.6. The molecule has 1 aliphatic carbocycles. The van der Waals surface area contributed by atoms with Crippen LogP contribution in [0.1, 0.15) is 62.1 Å². The first-order valence-electron chi connectivity index (χ1n) is 11.5. The highest BCUT2D eigenvalue weighted by atomic mass is 35.5.